The average Bonchev–Trinajstić information content (AvgIpc) is 2.53. The lowest BCUT2D eigenvalue weighted by Gasteiger charge is -2.45. The van der Waals surface area contributed by atoms with Gasteiger partial charge in [0, 0.05) is 5.92 Å². The molecule has 3 unspecified atom stereocenters. The number of methoxy groups -OCH3 is 1. The topological polar surface area (TPSA) is 35.5 Å². The Morgan fingerprint density at radius 3 is 2.52 bits per heavy atom. The Balaban J connectivity index is 1.58. The lowest BCUT2D eigenvalue weighted by atomic mass is 9.73. The second kappa shape index (κ2) is 6.52. The monoisotopic (exact) mass is 318 g/mol. The Hall–Kier alpha value is -1.55. The molecule has 1 saturated carbocycles. The highest BCUT2D eigenvalue weighted by atomic mass is 16.5. The van der Waals surface area contributed by atoms with Crippen LogP contribution >= 0.6 is 0 Å². The normalized spacial score (nSPS) is 29.4. The van der Waals surface area contributed by atoms with E-state index in [9.17, 15) is 4.79 Å². The van der Waals surface area contributed by atoms with Gasteiger partial charge in [0.25, 0.3) is 0 Å². The smallest absolute Gasteiger partial charge is 0.338 e. The van der Waals surface area contributed by atoms with Crippen molar-refractivity contribution in [2.24, 2.45) is 11.8 Å². The summed E-state index contributed by atoms with van der Waals surface area (Å²) in [4.78, 5) is 12.3. The Kier molecular flexibility index (Phi) is 4.62. The van der Waals surface area contributed by atoms with Crippen LogP contribution in [0.15, 0.2) is 24.3 Å². The number of hydrogen-bond donors (Lipinski definition) is 0. The maximum Gasteiger partial charge on any atom is 0.338 e. The van der Waals surface area contributed by atoms with E-state index in [-0.39, 0.29) is 12.1 Å². The second-order valence-electron chi connectivity index (χ2n) is 7.72. The third-order valence-electron chi connectivity index (χ3n) is 5.53. The van der Waals surface area contributed by atoms with Crippen LogP contribution in [0.2, 0.25) is 0 Å². The maximum atomic E-state index is 12.3. The molecule has 1 aliphatic carbocycles. The molecule has 0 aromatic heterocycles. The van der Waals surface area contributed by atoms with Gasteiger partial charge in [-0.25, -0.2) is 4.79 Å². The molecule has 3 rings (SSSR count). The van der Waals surface area contributed by atoms with Gasteiger partial charge in [-0.3, -0.25) is 0 Å². The summed E-state index contributed by atoms with van der Waals surface area (Å²) in [7, 11) is 6.24. The zero-order valence-corrected chi connectivity index (χ0v) is 14.5. The van der Waals surface area contributed by atoms with Gasteiger partial charge in [-0.2, -0.15) is 0 Å². The van der Waals surface area contributed by atoms with Crippen LogP contribution < -0.4 is 4.74 Å². The van der Waals surface area contributed by atoms with E-state index in [4.69, 9.17) is 9.47 Å². The van der Waals surface area contributed by atoms with Gasteiger partial charge < -0.3 is 14.0 Å². The van der Waals surface area contributed by atoms with Gasteiger partial charge in [0.05, 0.1) is 39.9 Å². The van der Waals surface area contributed by atoms with Gasteiger partial charge in [-0.1, -0.05) is 0 Å². The summed E-state index contributed by atoms with van der Waals surface area (Å²) in [6, 6.07) is 7.14. The number of carbonyl (C=O) groups excluding carboxylic acids is 1. The standard InChI is InChI=1S/C19H28NO3/c1-20(2)11-10-14-4-9-18(12-16(14)13-20)23-19(21)15-5-7-17(22-3)8-6-15/h5-8,14,16,18H,4,9-13H2,1-3H3/q+1. The minimum atomic E-state index is -0.208. The highest BCUT2D eigenvalue weighted by molar-refractivity contribution is 5.89. The lowest BCUT2D eigenvalue weighted by Crippen LogP contribution is -2.52. The molecule has 2 aliphatic rings. The van der Waals surface area contributed by atoms with Crippen molar-refractivity contribution >= 4 is 5.97 Å². The number of esters is 1. The Morgan fingerprint density at radius 2 is 1.83 bits per heavy atom. The number of nitrogens with zero attached hydrogens (tertiary/aromatic N) is 1. The van der Waals surface area contributed by atoms with Gasteiger partial charge in [-0.15, -0.1) is 0 Å². The first-order valence-corrected chi connectivity index (χ1v) is 8.64. The molecule has 0 radical (unpaired) electrons. The van der Waals surface area contributed by atoms with Crippen LogP contribution in [0, 0.1) is 11.8 Å². The lowest BCUT2D eigenvalue weighted by molar-refractivity contribution is -0.900. The zero-order valence-electron chi connectivity index (χ0n) is 14.5. The number of benzene rings is 1. The molecule has 4 heteroatoms. The molecule has 0 bridgehead atoms. The highest BCUT2D eigenvalue weighted by Crippen LogP contribution is 2.38. The molecule has 1 aromatic carbocycles. The number of ether oxygens (including phenoxy) is 2. The molecule has 1 saturated heterocycles. The minimum Gasteiger partial charge on any atom is -0.497 e. The molecule has 0 amide bonds. The van der Waals surface area contributed by atoms with Gasteiger partial charge >= 0.3 is 5.97 Å². The zero-order chi connectivity index (χ0) is 16.4. The predicted molar refractivity (Wildman–Crippen MR) is 89.5 cm³/mol. The van der Waals surface area contributed by atoms with Crippen molar-refractivity contribution in [2.75, 3.05) is 34.3 Å². The number of hydrogen-bond acceptors (Lipinski definition) is 3. The van der Waals surface area contributed by atoms with Crippen molar-refractivity contribution in [1.82, 2.24) is 0 Å². The predicted octanol–water partition coefficient (Wildman–Crippen LogP) is 3.12. The number of piperidine rings is 1. The molecule has 0 spiro atoms. The van der Waals surface area contributed by atoms with E-state index in [0.717, 1.165) is 29.0 Å². The molecule has 1 aromatic rings. The number of rotatable bonds is 3. The number of carbonyl (C=O) groups is 1. The van der Waals surface area contributed by atoms with E-state index in [1.807, 2.05) is 0 Å². The van der Waals surface area contributed by atoms with E-state index < -0.39 is 0 Å². The van der Waals surface area contributed by atoms with Crippen molar-refractivity contribution < 1.29 is 18.8 Å². The number of likely N-dealkylation sites (tertiary alicyclic amines) is 1. The molecule has 1 aliphatic heterocycles. The van der Waals surface area contributed by atoms with Gasteiger partial charge in [0.2, 0.25) is 0 Å². The molecule has 4 nitrogen and oxygen atoms in total. The van der Waals surface area contributed by atoms with Crippen LogP contribution in [0.3, 0.4) is 0 Å². The molecule has 23 heavy (non-hydrogen) atoms. The van der Waals surface area contributed by atoms with E-state index in [2.05, 4.69) is 14.1 Å². The van der Waals surface area contributed by atoms with E-state index in [1.165, 1.54) is 25.9 Å². The first-order valence-electron chi connectivity index (χ1n) is 8.64. The molecule has 1 heterocycles. The SMILES string of the molecule is COc1ccc(C(=O)OC2CCC3CC[N+](C)(C)CC3C2)cc1. The number of fused-ring (bicyclic) bond motifs is 1. The van der Waals surface area contributed by atoms with Crippen LogP contribution in [-0.4, -0.2) is 50.9 Å². The third kappa shape index (κ3) is 3.86. The van der Waals surface area contributed by atoms with E-state index >= 15 is 0 Å². The van der Waals surface area contributed by atoms with Crippen molar-refractivity contribution in [2.45, 2.75) is 31.8 Å². The quantitative estimate of drug-likeness (QED) is 0.634. The van der Waals surface area contributed by atoms with Gasteiger partial charge in [0.1, 0.15) is 11.9 Å². The summed E-state index contributed by atoms with van der Waals surface area (Å²) in [5.41, 5.74) is 0.604. The molecule has 3 atom stereocenters. The summed E-state index contributed by atoms with van der Waals surface area (Å²) < 4.78 is 12.0. The van der Waals surface area contributed by atoms with Crippen molar-refractivity contribution in [3.63, 3.8) is 0 Å². The minimum absolute atomic E-state index is 0.0731. The van der Waals surface area contributed by atoms with E-state index in [1.54, 1.807) is 31.4 Å². The Morgan fingerprint density at radius 1 is 1.09 bits per heavy atom. The van der Waals surface area contributed by atoms with Crippen LogP contribution in [0.5, 0.6) is 5.75 Å². The van der Waals surface area contributed by atoms with Crippen LogP contribution in [0.1, 0.15) is 36.0 Å². The maximum absolute atomic E-state index is 12.3. The first kappa shape index (κ1) is 16.3. The molecular formula is C19H28NO3+. The van der Waals surface area contributed by atoms with E-state index in [0.29, 0.717) is 11.5 Å². The third-order valence-corrected chi connectivity index (χ3v) is 5.53. The largest absolute Gasteiger partial charge is 0.497 e. The molecule has 2 fully saturated rings. The summed E-state index contributed by atoms with van der Waals surface area (Å²) in [5.74, 6) is 2.07. The summed E-state index contributed by atoms with van der Waals surface area (Å²) in [6.07, 6.45) is 4.62. The van der Waals surface area contributed by atoms with Gasteiger partial charge in [0.15, 0.2) is 0 Å². The Bertz CT molecular complexity index is 552. The van der Waals surface area contributed by atoms with Gasteiger partial charge in [-0.05, 0) is 55.9 Å². The Labute approximate surface area is 139 Å². The fraction of sp³-hybridized carbons (Fsp3) is 0.632. The molecule has 126 valence electrons. The summed E-state index contributed by atoms with van der Waals surface area (Å²) in [5, 5.41) is 0. The van der Waals surface area contributed by atoms with Crippen molar-refractivity contribution in [1.29, 1.82) is 0 Å². The second-order valence-corrected chi connectivity index (χ2v) is 7.72. The van der Waals surface area contributed by atoms with Crippen molar-refractivity contribution in [3.05, 3.63) is 29.8 Å². The number of quaternary nitrogens is 1. The fourth-order valence-electron chi connectivity index (χ4n) is 4.18. The first-order chi connectivity index (χ1) is 11.0. The average molecular weight is 318 g/mol. The van der Waals surface area contributed by atoms with Crippen LogP contribution in [0.25, 0.3) is 0 Å². The summed E-state index contributed by atoms with van der Waals surface area (Å²) >= 11 is 0. The molecule has 0 N–H and O–H groups in total. The fourth-order valence-corrected chi connectivity index (χ4v) is 4.18. The summed E-state index contributed by atoms with van der Waals surface area (Å²) in [6.45, 7) is 2.48. The van der Waals surface area contributed by atoms with Crippen molar-refractivity contribution in [3.8, 4) is 5.75 Å². The van der Waals surface area contributed by atoms with Crippen LogP contribution in [0.4, 0.5) is 0 Å². The highest BCUT2D eigenvalue weighted by Gasteiger charge is 2.40. The molecular weight excluding hydrogens is 290 g/mol. The van der Waals surface area contributed by atoms with Crippen LogP contribution in [-0.2, 0) is 4.74 Å².